The predicted molar refractivity (Wildman–Crippen MR) is 108 cm³/mol. The Morgan fingerprint density at radius 1 is 1.16 bits per heavy atom. The third kappa shape index (κ3) is 4.89. The largest absolute Gasteiger partial charge is 0.471 e. The number of carbonyl (C=O) groups excluding carboxylic acids is 2. The first-order chi connectivity index (χ1) is 15.3. The van der Waals surface area contributed by atoms with Crippen LogP contribution in [0, 0.1) is 11.8 Å². The molecule has 0 bridgehead atoms. The van der Waals surface area contributed by atoms with Gasteiger partial charge in [-0.1, -0.05) is 35.5 Å². The molecule has 1 amide bonds. The molecule has 7 nitrogen and oxygen atoms in total. The Kier molecular flexibility index (Phi) is 6.38. The van der Waals surface area contributed by atoms with E-state index in [1.807, 2.05) is 6.07 Å². The maximum absolute atomic E-state index is 12.9. The maximum Gasteiger partial charge on any atom is 0.471 e. The fraction of sp³-hybridized carbons (Fsp3) is 0.333. The molecule has 3 aromatic rings. The molecule has 1 N–H and O–H groups in total. The minimum atomic E-state index is -4.74. The summed E-state index contributed by atoms with van der Waals surface area (Å²) in [5, 5.41) is 6.12. The van der Waals surface area contributed by atoms with Crippen molar-refractivity contribution in [1.82, 2.24) is 15.5 Å². The van der Waals surface area contributed by atoms with Crippen molar-refractivity contribution in [3.8, 4) is 10.7 Å². The normalized spacial score (nSPS) is 19.0. The van der Waals surface area contributed by atoms with Crippen LogP contribution in [-0.2, 0) is 10.9 Å². The van der Waals surface area contributed by atoms with Crippen molar-refractivity contribution in [1.29, 1.82) is 0 Å². The Balaban J connectivity index is 1.40. The van der Waals surface area contributed by atoms with Crippen molar-refractivity contribution in [3.63, 3.8) is 0 Å². The van der Waals surface area contributed by atoms with Crippen molar-refractivity contribution in [2.45, 2.75) is 12.6 Å². The molecule has 1 aliphatic rings. The number of halogens is 3. The Bertz CT molecular complexity index is 1100. The quantitative estimate of drug-likeness (QED) is 0.552. The van der Waals surface area contributed by atoms with Crippen LogP contribution < -0.4 is 5.32 Å². The summed E-state index contributed by atoms with van der Waals surface area (Å²) in [4.78, 5) is 29.3. The summed E-state index contributed by atoms with van der Waals surface area (Å²) in [6.45, 7) is 1.06. The zero-order valence-electron chi connectivity index (χ0n) is 16.6. The zero-order chi connectivity index (χ0) is 22.7. The van der Waals surface area contributed by atoms with Gasteiger partial charge in [-0.05, 0) is 18.6 Å². The van der Waals surface area contributed by atoms with Gasteiger partial charge in [0.1, 0.15) is 0 Å². The first-order valence-electron chi connectivity index (χ1n) is 9.79. The molecular formula is C21H18F3N3O4S. The van der Waals surface area contributed by atoms with E-state index in [0.29, 0.717) is 25.2 Å². The third-order valence-corrected chi connectivity index (χ3v) is 6.19. The number of nitrogens with one attached hydrogen (secondary N) is 1. The second-order valence-electron chi connectivity index (χ2n) is 7.26. The second kappa shape index (κ2) is 9.21. The molecule has 2 unspecified atom stereocenters. The van der Waals surface area contributed by atoms with Gasteiger partial charge in [-0.15, -0.1) is 11.3 Å². The number of thiophene rings is 1. The first kappa shape index (κ1) is 22.2. The van der Waals surface area contributed by atoms with E-state index in [1.165, 1.54) is 12.1 Å². The molecule has 32 heavy (non-hydrogen) atoms. The molecule has 0 saturated carbocycles. The van der Waals surface area contributed by atoms with Gasteiger partial charge in [0.2, 0.25) is 5.82 Å². The summed E-state index contributed by atoms with van der Waals surface area (Å²) in [5.41, 5.74) is 0.622. The van der Waals surface area contributed by atoms with Crippen molar-refractivity contribution < 1.29 is 32.0 Å². The lowest BCUT2D eigenvalue weighted by Crippen LogP contribution is -2.41. The van der Waals surface area contributed by atoms with Gasteiger partial charge in [0.15, 0.2) is 5.78 Å². The summed E-state index contributed by atoms with van der Waals surface area (Å²) in [5.74, 6) is -2.54. The van der Waals surface area contributed by atoms with E-state index in [0.717, 1.165) is 11.3 Å². The van der Waals surface area contributed by atoms with Gasteiger partial charge in [-0.2, -0.15) is 18.2 Å². The van der Waals surface area contributed by atoms with E-state index >= 15 is 0 Å². The van der Waals surface area contributed by atoms with Crippen LogP contribution in [0.25, 0.3) is 10.7 Å². The standard InChI is InChI=1S/C21H18F3N3O4S/c22-21(23,24)20-26-18(27-31-20)15-6-7-16(32-15)19(29)25-10-13-11-30-9-8-14(13)17(28)12-4-2-1-3-5-12/h1-7,13-14H,8-11H2,(H,25,29). The van der Waals surface area contributed by atoms with Gasteiger partial charge in [0.25, 0.3) is 5.91 Å². The van der Waals surface area contributed by atoms with Gasteiger partial charge >= 0.3 is 12.1 Å². The number of alkyl halides is 3. The van der Waals surface area contributed by atoms with Crippen LogP contribution in [0.1, 0.15) is 32.3 Å². The van der Waals surface area contributed by atoms with Gasteiger partial charge in [0, 0.05) is 30.6 Å². The van der Waals surface area contributed by atoms with Gasteiger partial charge < -0.3 is 14.6 Å². The highest BCUT2D eigenvalue weighted by molar-refractivity contribution is 7.17. The fourth-order valence-corrected chi connectivity index (χ4v) is 4.34. The van der Waals surface area contributed by atoms with E-state index in [4.69, 9.17) is 4.74 Å². The van der Waals surface area contributed by atoms with Gasteiger partial charge in [-0.25, -0.2) is 0 Å². The molecule has 0 spiro atoms. The second-order valence-corrected chi connectivity index (χ2v) is 8.34. The van der Waals surface area contributed by atoms with Gasteiger partial charge in [-0.3, -0.25) is 9.59 Å². The van der Waals surface area contributed by atoms with E-state index in [9.17, 15) is 22.8 Å². The highest BCUT2D eigenvalue weighted by atomic mass is 32.1. The number of rotatable bonds is 6. The number of ketones is 1. The van der Waals surface area contributed by atoms with E-state index in [2.05, 4.69) is 20.0 Å². The number of hydrogen-bond donors (Lipinski definition) is 1. The summed E-state index contributed by atoms with van der Waals surface area (Å²) >= 11 is 0.946. The predicted octanol–water partition coefficient (Wildman–Crippen LogP) is 4.08. The number of benzene rings is 1. The minimum Gasteiger partial charge on any atom is -0.381 e. The lowest BCUT2D eigenvalue weighted by molar-refractivity contribution is -0.159. The van der Waals surface area contributed by atoms with Crippen molar-refractivity contribution in [2.75, 3.05) is 19.8 Å². The Morgan fingerprint density at radius 3 is 2.66 bits per heavy atom. The molecule has 1 fully saturated rings. The molecule has 0 radical (unpaired) electrons. The van der Waals surface area contributed by atoms with E-state index < -0.39 is 18.0 Å². The number of ether oxygens (including phenoxy) is 1. The minimum absolute atomic E-state index is 0.0177. The van der Waals surface area contributed by atoms with Crippen LogP contribution in [0.5, 0.6) is 0 Å². The first-order valence-corrected chi connectivity index (χ1v) is 10.6. The highest BCUT2D eigenvalue weighted by Crippen LogP contribution is 2.32. The van der Waals surface area contributed by atoms with Crippen molar-refractivity contribution >= 4 is 23.0 Å². The molecular weight excluding hydrogens is 447 g/mol. The number of Topliss-reactive ketones (excluding diaryl/α,β-unsaturated/α-hetero) is 1. The summed E-state index contributed by atoms with van der Waals surface area (Å²) in [6, 6.07) is 11.9. The van der Waals surface area contributed by atoms with Crippen LogP contribution in [0.4, 0.5) is 13.2 Å². The topological polar surface area (TPSA) is 94.3 Å². The molecule has 1 aromatic carbocycles. The lowest BCUT2D eigenvalue weighted by atomic mass is 9.82. The summed E-state index contributed by atoms with van der Waals surface area (Å²) in [6.07, 6.45) is -4.17. The summed E-state index contributed by atoms with van der Waals surface area (Å²) in [7, 11) is 0. The van der Waals surface area contributed by atoms with Crippen LogP contribution in [0.2, 0.25) is 0 Å². The van der Waals surface area contributed by atoms with Gasteiger partial charge in [0.05, 0.1) is 16.4 Å². The van der Waals surface area contributed by atoms with E-state index in [-0.39, 0.29) is 39.7 Å². The fourth-order valence-electron chi connectivity index (χ4n) is 3.49. The van der Waals surface area contributed by atoms with Crippen LogP contribution in [-0.4, -0.2) is 41.6 Å². The average Bonchev–Trinajstić information content (AvgIpc) is 3.47. The molecule has 4 rings (SSSR count). The SMILES string of the molecule is O=C(NCC1COCCC1C(=O)c1ccccc1)c1ccc(-c2noc(C(F)(F)F)n2)s1. The Hall–Kier alpha value is -3.05. The van der Waals surface area contributed by atoms with Crippen LogP contribution >= 0.6 is 11.3 Å². The number of hydrogen-bond acceptors (Lipinski definition) is 7. The average molecular weight is 465 g/mol. The molecule has 1 aliphatic heterocycles. The smallest absolute Gasteiger partial charge is 0.381 e. The third-order valence-electron chi connectivity index (χ3n) is 5.11. The number of carbonyl (C=O) groups is 2. The van der Waals surface area contributed by atoms with E-state index in [1.54, 1.807) is 24.3 Å². The monoisotopic (exact) mass is 465 g/mol. The maximum atomic E-state index is 12.9. The number of aromatic nitrogens is 2. The molecule has 2 aromatic heterocycles. The van der Waals surface area contributed by atoms with Crippen LogP contribution in [0.3, 0.4) is 0 Å². The van der Waals surface area contributed by atoms with Crippen LogP contribution in [0.15, 0.2) is 47.0 Å². The molecule has 3 heterocycles. The Labute approximate surface area is 184 Å². The van der Waals surface area contributed by atoms with Crippen molar-refractivity contribution in [3.05, 3.63) is 58.8 Å². The number of nitrogens with zero attached hydrogens (tertiary/aromatic N) is 2. The summed E-state index contributed by atoms with van der Waals surface area (Å²) < 4.78 is 47.6. The molecule has 168 valence electrons. The zero-order valence-corrected chi connectivity index (χ0v) is 17.4. The molecule has 1 saturated heterocycles. The number of amides is 1. The van der Waals surface area contributed by atoms with Crippen molar-refractivity contribution in [2.24, 2.45) is 11.8 Å². The molecule has 2 atom stereocenters. The highest BCUT2D eigenvalue weighted by Gasteiger charge is 2.38. The molecule has 11 heteroatoms. The molecule has 0 aliphatic carbocycles. The lowest BCUT2D eigenvalue weighted by Gasteiger charge is -2.30. The Morgan fingerprint density at radius 2 is 1.94 bits per heavy atom.